The summed E-state index contributed by atoms with van der Waals surface area (Å²) in [5.74, 6) is 1.07. The molecular formula is C19H22N4. The minimum atomic E-state index is 0.248. The highest BCUT2D eigenvalue weighted by atomic mass is 15.2. The minimum absolute atomic E-state index is 0.248. The Bertz CT molecular complexity index is 721. The summed E-state index contributed by atoms with van der Waals surface area (Å²) >= 11 is 0. The van der Waals surface area contributed by atoms with Gasteiger partial charge in [-0.1, -0.05) is 36.4 Å². The fraction of sp³-hybridized carbons (Fsp3) is 0.263. The Morgan fingerprint density at radius 2 is 1.78 bits per heavy atom. The van der Waals surface area contributed by atoms with Crippen molar-refractivity contribution in [1.29, 1.82) is 0 Å². The number of nitrogens with zero attached hydrogens (tertiary/aromatic N) is 4. The van der Waals surface area contributed by atoms with Crippen molar-refractivity contribution in [3.63, 3.8) is 0 Å². The van der Waals surface area contributed by atoms with Crippen molar-refractivity contribution in [3.8, 4) is 0 Å². The first-order valence-corrected chi connectivity index (χ1v) is 7.89. The smallest absolute Gasteiger partial charge is 0.123 e. The first-order chi connectivity index (χ1) is 11.2. The van der Waals surface area contributed by atoms with Crippen molar-refractivity contribution in [2.45, 2.75) is 26.1 Å². The van der Waals surface area contributed by atoms with Crippen LogP contribution in [0.25, 0.3) is 0 Å². The van der Waals surface area contributed by atoms with Gasteiger partial charge in [0, 0.05) is 31.2 Å². The van der Waals surface area contributed by atoms with E-state index in [1.165, 1.54) is 5.56 Å². The second-order valence-corrected chi connectivity index (χ2v) is 5.80. The lowest BCUT2D eigenvalue weighted by Crippen LogP contribution is -2.24. The average Bonchev–Trinajstić information content (AvgIpc) is 3.02. The molecule has 2 heterocycles. The lowest BCUT2D eigenvalue weighted by atomic mass is 10.2. The van der Waals surface area contributed by atoms with Gasteiger partial charge in [0.05, 0.1) is 12.2 Å². The van der Waals surface area contributed by atoms with E-state index in [1.807, 2.05) is 36.8 Å². The molecule has 0 bridgehead atoms. The number of benzene rings is 1. The highest BCUT2D eigenvalue weighted by Gasteiger charge is 2.15. The standard InChI is InChI=1S/C19H22N4/c1-16(18-10-6-7-11-20-18)22(2)15-19-21-12-13-23(19)14-17-8-4-3-5-9-17/h3-13,16H,14-15H2,1-2H3/t16-/m1/s1. The molecule has 0 aliphatic heterocycles. The summed E-state index contributed by atoms with van der Waals surface area (Å²) in [4.78, 5) is 11.2. The Balaban J connectivity index is 1.70. The monoisotopic (exact) mass is 306 g/mol. The SMILES string of the molecule is C[C@H](c1ccccn1)N(C)Cc1nccn1Cc1ccccc1. The summed E-state index contributed by atoms with van der Waals surface area (Å²) in [6, 6.07) is 16.8. The van der Waals surface area contributed by atoms with Gasteiger partial charge in [-0.15, -0.1) is 0 Å². The number of rotatable bonds is 6. The summed E-state index contributed by atoms with van der Waals surface area (Å²) in [7, 11) is 2.11. The fourth-order valence-electron chi connectivity index (χ4n) is 2.62. The first-order valence-electron chi connectivity index (χ1n) is 7.89. The molecule has 4 heteroatoms. The van der Waals surface area contributed by atoms with Gasteiger partial charge in [-0.3, -0.25) is 9.88 Å². The van der Waals surface area contributed by atoms with E-state index in [1.54, 1.807) is 0 Å². The lowest BCUT2D eigenvalue weighted by Gasteiger charge is -2.24. The maximum Gasteiger partial charge on any atom is 0.123 e. The molecule has 0 unspecified atom stereocenters. The van der Waals surface area contributed by atoms with Crippen LogP contribution in [0.4, 0.5) is 0 Å². The van der Waals surface area contributed by atoms with Gasteiger partial charge in [0.15, 0.2) is 0 Å². The quantitative estimate of drug-likeness (QED) is 0.699. The molecule has 0 saturated heterocycles. The second kappa shape index (κ2) is 7.20. The third-order valence-corrected chi connectivity index (χ3v) is 4.17. The van der Waals surface area contributed by atoms with Crippen LogP contribution in [0.5, 0.6) is 0 Å². The average molecular weight is 306 g/mol. The predicted octanol–water partition coefficient (Wildman–Crippen LogP) is 3.52. The van der Waals surface area contributed by atoms with Crippen LogP contribution in [0, 0.1) is 0 Å². The summed E-state index contributed by atoms with van der Waals surface area (Å²) in [5, 5.41) is 0. The topological polar surface area (TPSA) is 34.0 Å². The van der Waals surface area contributed by atoms with E-state index in [-0.39, 0.29) is 6.04 Å². The molecule has 0 saturated carbocycles. The van der Waals surface area contributed by atoms with Gasteiger partial charge in [0.25, 0.3) is 0 Å². The maximum absolute atomic E-state index is 4.53. The molecule has 0 fully saturated rings. The van der Waals surface area contributed by atoms with Crippen molar-refractivity contribution in [3.05, 3.63) is 84.2 Å². The summed E-state index contributed by atoms with van der Waals surface area (Å²) in [6.45, 7) is 3.81. The summed E-state index contributed by atoms with van der Waals surface area (Å²) < 4.78 is 2.21. The Morgan fingerprint density at radius 1 is 1.00 bits per heavy atom. The molecule has 1 aromatic carbocycles. The lowest BCUT2D eigenvalue weighted by molar-refractivity contribution is 0.239. The van der Waals surface area contributed by atoms with Crippen LogP contribution >= 0.6 is 0 Å². The van der Waals surface area contributed by atoms with Gasteiger partial charge in [0.2, 0.25) is 0 Å². The number of hydrogen-bond donors (Lipinski definition) is 0. The maximum atomic E-state index is 4.53. The van der Waals surface area contributed by atoms with Gasteiger partial charge in [-0.25, -0.2) is 4.98 Å². The summed E-state index contributed by atoms with van der Waals surface area (Å²) in [6.07, 6.45) is 5.76. The van der Waals surface area contributed by atoms with Crippen molar-refractivity contribution in [2.24, 2.45) is 0 Å². The molecule has 0 spiro atoms. The molecule has 118 valence electrons. The molecule has 3 rings (SSSR count). The molecule has 0 N–H and O–H groups in total. The Kier molecular flexibility index (Phi) is 4.83. The molecule has 0 amide bonds. The van der Waals surface area contributed by atoms with Crippen LogP contribution in [0.2, 0.25) is 0 Å². The molecule has 0 aliphatic rings. The van der Waals surface area contributed by atoms with Crippen LogP contribution < -0.4 is 0 Å². The molecule has 1 atom stereocenters. The minimum Gasteiger partial charge on any atom is -0.329 e. The largest absolute Gasteiger partial charge is 0.329 e. The van der Waals surface area contributed by atoms with Crippen molar-refractivity contribution in [2.75, 3.05) is 7.05 Å². The van der Waals surface area contributed by atoms with Crippen molar-refractivity contribution in [1.82, 2.24) is 19.4 Å². The van der Waals surface area contributed by atoms with Crippen LogP contribution in [-0.4, -0.2) is 26.5 Å². The zero-order chi connectivity index (χ0) is 16.1. The van der Waals surface area contributed by atoms with Gasteiger partial charge >= 0.3 is 0 Å². The van der Waals surface area contributed by atoms with Crippen LogP contribution in [-0.2, 0) is 13.1 Å². The Labute approximate surface area is 137 Å². The third-order valence-electron chi connectivity index (χ3n) is 4.17. The summed E-state index contributed by atoms with van der Waals surface area (Å²) in [5.41, 5.74) is 2.36. The number of aromatic nitrogens is 3. The molecule has 0 aliphatic carbocycles. The Morgan fingerprint density at radius 3 is 2.52 bits per heavy atom. The third kappa shape index (κ3) is 3.85. The van der Waals surface area contributed by atoms with E-state index in [4.69, 9.17) is 0 Å². The van der Waals surface area contributed by atoms with Crippen molar-refractivity contribution < 1.29 is 0 Å². The molecule has 23 heavy (non-hydrogen) atoms. The van der Waals surface area contributed by atoms with E-state index in [9.17, 15) is 0 Å². The van der Waals surface area contributed by atoms with Crippen LogP contribution in [0.3, 0.4) is 0 Å². The van der Waals surface area contributed by atoms with Gasteiger partial charge in [-0.05, 0) is 31.7 Å². The van der Waals surface area contributed by atoms with E-state index in [2.05, 4.69) is 63.7 Å². The molecule has 0 radical (unpaired) electrons. The van der Waals surface area contributed by atoms with E-state index < -0.39 is 0 Å². The molecule has 4 nitrogen and oxygen atoms in total. The number of imidazole rings is 1. The molecule has 3 aromatic rings. The Hall–Kier alpha value is -2.46. The first kappa shape index (κ1) is 15.4. The predicted molar refractivity (Wildman–Crippen MR) is 91.9 cm³/mol. The van der Waals surface area contributed by atoms with Crippen molar-refractivity contribution >= 4 is 0 Å². The fourth-order valence-corrected chi connectivity index (χ4v) is 2.62. The number of pyridine rings is 1. The molecule has 2 aromatic heterocycles. The highest BCUT2D eigenvalue weighted by Crippen LogP contribution is 2.18. The zero-order valence-electron chi connectivity index (χ0n) is 13.6. The zero-order valence-corrected chi connectivity index (χ0v) is 13.6. The molecular weight excluding hydrogens is 284 g/mol. The van der Waals surface area contributed by atoms with E-state index in [0.29, 0.717) is 0 Å². The van der Waals surface area contributed by atoms with Gasteiger partial charge in [-0.2, -0.15) is 0 Å². The van der Waals surface area contributed by atoms with E-state index in [0.717, 1.165) is 24.6 Å². The van der Waals surface area contributed by atoms with Crippen LogP contribution in [0.1, 0.15) is 30.0 Å². The van der Waals surface area contributed by atoms with Gasteiger partial charge in [0.1, 0.15) is 5.82 Å². The highest BCUT2D eigenvalue weighted by molar-refractivity contribution is 5.16. The normalized spacial score (nSPS) is 12.5. The van der Waals surface area contributed by atoms with E-state index >= 15 is 0 Å². The van der Waals surface area contributed by atoms with Crippen LogP contribution in [0.15, 0.2) is 67.1 Å². The second-order valence-electron chi connectivity index (χ2n) is 5.80. The number of hydrogen-bond acceptors (Lipinski definition) is 3. The van der Waals surface area contributed by atoms with Gasteiger partial charge < -0.3 is 4.57 Å².